The lowest BCUT2D eigenvalue weighted by Crippen LogP contribution is -2.37. The summed E-state index contributed by atoms with van der Waals surface area (Å²) >= 11 is 0. The minimum atomic E-state index is 0. The van der Waals surface area contributed by atoms with Crippen LogP contribution in [0.2, 0.25) is 0 Å². The lowest BCUT2D eigenvalue weighted by molar-refractivity contribution is 0.469. The fourth-order valence-electron chi connectivity index (χ4n) is 4.65. The lowest BCUT2D eigenvalue weighted by Gasteiger charge is -2.31. The van der Waals surface area contributed by atoms with Crippen LogP contribution in [0.4, 0.5) is 0 Å². The average Bonchev–Trinajstić information content (AvgIpc) is 3.22. The predicted octanol–water partition coefficient (Wildman–Crippen LogP) is 4.24. The Bertz CT molecular complexity index is 657. The Morgan fingerprint density at radius 2 is 1.50 bits per heavy atom. The van der Waals surface area contributed by atoms with Gasteiger partial charge in [0.25, 0.3) is 0 Å². The summed E-state index contributed by atoms with van der Waals surface area (Å²) in [6, 6.07) is 18.3. The van der Waals surface area contributed by atoms with Crippen LogP contribution in [0.1, 0.15) is 47.4 Å². The number of benzene rings is 2. The molecule has 114 valence electrons. The monoisotopic (exact) mass is 311 g/mol. The van der Waals surface area contributed by atoms with Crippen molar-refractivity contribution in [3.8, 4) is 0 Å². The van der Waals surface area contributed by atoms with E-state index in [0.29, 0.717) is 5.92 Å². The van der Waals surface area contributed by atoms with Crippen LogP contribution in [-0.4, -0.2) is 13.1 Å². The van der Waals surface area contributed by atoms with Crippen molar-refractivity contribution in [2.75, 3.05) is 13.1 Å². The summed E-state index contributed by atoms with van der Waals surface area (Å²) in [4.78, 5) is 0. The number of halogens is 1. The van der Waals surface area contributed by atoms with E-state index in [4.69, 9.17) is 0 Å². The van der Waals surface area contributed by atoms with Crippen molar-refractivity contribution in [1.29, 1.82) is 0 Å². The first-order valence-electron chi connectivity index (χ1n) is 8.28. The summed E-state index contributed by atoms with van der Waals surface area (Å²) in [6.45, 7) is 2.31. The Hall–Kier alpha value is -1.31. The van der Waals surface area contributed by atoms with Gasteiger partial charge in [0.05, 0.1) is 0 Å². The molecular formula is C20H22ClN. The zero-order chi connectivity index (χ0) is 13.9. The highest BCUT2D eigenvalue weighted by molar-refractivity contribution is 5.85. The number of fused-ring (bicyclic) bond motifs is 8. The maximum atomic E-state index is 3.79. The molecule has 1 saturated carbocycles. The van der Waals surface area contributed by atoms with Crippen molar-refractivity contribution in [2.45, 2.75) is 30.6 Å². The molecule has 0 amide bonds. The van der Waals surface area contributed by atoms with Crippen LogP contribution in [0, 0.1) is 5.92 Å². The fourth-order valence-corrected chi connectivity index (χ4v) is 4.65. The van der Waals surface area contributed by atoms with Gasteiger partial charge in [0.1, 0.15) is 0 Å². The van der Waals surface area contributed by atoms with E-state index in [2.05, 4.69) is 53.8 Å². The van der Waals surface area contributed by atoms with Crippen LogP contribution >= 0.6 is 12.4 Å². The van der Waals surface area contributed by atoms with Gasteiger partial charge in [-0.1, -0.05) is 48.5 Å². The second-order valence-electron chi connectivity index (χ2n) is 7.09. The standard InChI is InChI=1S/C20H21N.ClH/c1-3-7-18-15(5-1)17-11-20(18,13-21-12-14-9-10-14)19-8-4-2-6-16(17)19;/h1-8,14,17,21H,9-13H2;1H. The average molecular weight is 312 g/mol. The minimum Gasteiger partial charge on any atom is -0.315 e. The SMILES string of the molecule is Cl.c1ccc2c(c1)C1CC2(CNCC2CC2)c2ccccc21. The summed E-state index contributed by atoms with van der Waals surface area (Å²) in [7, 11) is 0. The lowest BCUT2D eigenvalue weighted by atomic mass is 9.75. The second-order valence-corrected chi connectivity index (χ2v) is 7.09. The number of hydrogen-bond donors (Lipinski definition) is 1. The Labute approximate surface area is 138 Å². The van der Waals surface area contributed by atoms with Crippen LogP contribution in [0.15, 0.2) is 48.5 Å². The summed E-state index contributed by atoms with van der Waals surface area (Å²) in [5.74, 6) is 1.57. The maximum absolute atomic E-state index is 3.79. The van der Waals surface area contributed by atoms with Crippen LogP contribution in [0.5, 0.6) is 0 Å². The Balaban J connectivity index is 0.00000125. The third-order valence-corrected chi connectivity index (χ3v) is 5.81. The van der Waals surface area contributed by atoms with Crippen molar-refractivity contribution in [3.63, 3.8) is 0 Å². The molecule has 1 fully saturated rings. The van der Waals surface area contributed by atoms with Gasteiger partial charge in [-0.15, -0.1) is 12.4 Å². The van der Waals surface area contributed by atoms with Gasteiger partial charge in [-0.05, 0) is 54.0 Å². The fraction of sp³-hybridized carbons (Fsp3) is 0.400. The molecule has 0 heterocycles. The molecule has 0 radical (unpaired) electrons. The van der Waals surface area contributed by atoms with E-state index in [1.807, 2.05) is 0 Å². The molecule has 3 aliphatic rings. The highest BCUT2D eigenvalue weighted by atomic mass is 35.5. The molecule has 0 unspecified atom stereocenters. The molecule has 0 atom stereocenters. The molecule has 0 aromatic heterocycles. The Morgan fingerprint density at radius 1 is 0.909 bits per heavy atom. The van der Waals surface area contributed by atoms with Crippen molar-refractivity contribution < 1.29 is 0 Å². The Kier molecular flexibility index (Phi) is 3.32. The van der Waals surface area contributed by atoms with Gasteiger partial charge in [-0.2, -0.15) is 0 Å². The molecular weight excluding hydrogens is 290 g/mol. The topological polar surface area (TPSA) is 12.0 Å². The summed E-state index contributed by atoms with van der Waals surface area (Å²) in [6.07, 6.45) is 4.12. The van der Waals surface area contributed by atoms with Crippen molar-refractivity contribution >= 4 is 12.4 Å². The van der Waals surface area contributed by atoms with E-state index in [0.717, 1.165) is 12.5 Å². The molecule has 2 heteroatoms. The first-order chi connectivity index (χ1) is 10.4. The number of rotatable bonds is 4. The van der Waals surface area contributed by atoms with Gasteiger partial charge in [-0.3, -0.25) is 0 Å². The summed E-state index contributed by atoms with van der Waals surface area (Å²) in [5, 5.41) is 3.79. The molecule has 3 aliphatic carbocycles. The van der Waals surface area contributed by atoms with E-state index in [-0.39, 0.29) is 17.8 Å². The zero-order valence-electron chi connectivity index (χ0n) is 12.7. The van der Waals surface area contributed by atoms with E-state index in [1.165, 1.54) is 25.8 Å². The second kappa shape index (κ2) is 5.11. The highest BCUT2D eigenvalue weighted by Crippen LogP contribution is 2.59. The van der Waals surface area contributed by atoms with Crippen LogP contribution < -0.4 is 5.32 Å². The molecule has 5 rings (SSSR count). The van der Waals surface area contributed by atoms with Crippen LogP contribution in [0.3, 0.4) is 0 Å². The third kappa shape index (κ3) is 1.89. The highest BCUT2D eigenvalue weighted by Gasteiger charge is 2.52. The molecule has 22 heavy (non-hydrogen) atoms. The van der Waals surface area contributed by atoms with Crippen molar-refractivity contribution in [3.05, 3.63) is 70.8 Å². The molecule has 2 aromatic carbocycles. The summed E-state index contributed by atoms with van der Waals surface area (Å²) < 4.78 is 0. The largest absolute Gasteiger partial charge is 0.315 e. The van der Waals surface area contributed by atoms with E-state index in [1.54, 1.807) is 22.3 Å². The first kappa shape index (κ1) is 14.3. The van der Waals surface area contributed by atoms with Gasteiger partial charge in [0, 0.05) is 17.9 Å². The third-order valence-electron chi connectivity index (χ3n) is 5.81. The van der Waals surface area contributed by atoms with Crippen molar-refractivity contribution in [1.82, 2.24) is 5.32 Å². The molecule has 0 saturated heterocycles. The quantitative estimate of drug-likeness (QED) is 0.890. The van der Waals surface area contributed by atoms with E-state index in [9.17, 15) is 0 Å². The normalized spacial score (nSPS) is 27.2. The van der Waals surface area contributed by atoms with E-state index < -0.39 is 0 Å². The molecule has 2 bridgehead atoms. The summed E-state index contributed by atoms with van der Waals surface area (Å²) in [5.41, 5.74) is 6.54. The van der Waals surface area contributed by atoms with Gasteiger partial charge in [-0.25, -0.2) is 0 Å². The zero-order valence-corrected chi connectivity index (χ0v) is 13.5. The van der Waals surface area contributed by atoms with Crippen LogP contribution in [0.25, 0.3) is 0 Å². The van der Waals surface area contributed by atoms with Crippen molar-refractivity contribution in [2.24, 2.45) is 5.92 Å². The molecule has 2 aromatic rings. The first-order valence-corrected chi connectivity index (χ1v) is 8.28. The molecule has 1 nitrogen and oxygen atoms in total. The Morgan fingerprint density at radius 3 is 2.09 bits per heavy atom. The molecule has 1 N–H and O–H groups in total. The van der Waals surface area contributed by atoms with Gasteiger partial charge >= 0.3 is 0 Å². The van der Waals surface area contributed by atoms with Gasteiger partial charge in [0.2, 0.25) is 0 Å². The van der Waals surface area contributed by atoms with Crippen LogP contribution in [-0.2, 0) is 5.41 Å². The van der Waals surface area contributed by atoms with E-state index >= 15 is 0 Å². The number of hydrogen-bond acceptors (Lipinski definition) is 1. The molecule has 0 spiro atoms. The smallest absolute Gasteiger partial charge is 0.0342 e. The van der Waals surface area contributed by atoms with Gasteiger partial charge in [0.15, 0.2) is 0 Å². The maximum Gasteiger partial charge on any atom is 0.0342 e. The predicted molar refractivity (Wildman–Crippen MR) is 93.0 cm³/mol. The number of nitrogens with one attached hydrogen (secondary N) is 1. The van der Waals surface area contributed by atoms with Gasteiger partial charge < -0.3 is 5.32 Å². The minimum absolute atomic E-state index is 0. The molecule has 0 aliphatic heterocycles.